The van der Waals surface area contributed by atoms with Crippen molar-refractivity contribution in [3.63, 3.8) is 0 Å². The Balaban J connectivity index is 1.06. The number of ether oxygens (including phenoxy) is 1. The highest BCUT2D eigenvalue weighted by molar-refractivity contribution is 7.14. The predicted molar refractivity (Wildman–Crippen MR) is 161 cm³/mol. The zero-order valence-corrected chi connectivity index (χ0v) is 24.4. The van der Waals surface area contributed by atoms with E-state index in [2.05, 4.69) is 27.3 Å². The lowest BCUT2D eigenvalue weighted by Crippen LogP contribution is -2.42. The van der Waals surface area contributed by atoms with Crippen LogP contribution < -0.4 is 15.0 Å². The number of rotatable bonds is 9. The fourth-order valence-electron chi connectivity index (χ4n) is 5.77. The number of aliphatic hydroxyl groups excluding tert-OH is 1. The van der Waals surface area contributed by atoms with Crippen molar-refractivity contribution in [2.45, 2.75) is 44.4 Å². The van der Waals surface area contributed by atoms with Crippen molar-refractivity contribution >= 4 is 34.0 Å². The van der Waals surface area contributed by atoms with E-state index in [1.54, 1.807) is 33.9 Å². The van der Waals surface area contributed by atoms with E-state index in [0.29, 0.717) is 36.0 Å². The zero-order chi connectivity index (χ0) is 29.8. The second kappa shape index (κ2) is 12.9. The van der Waals surface area contributed by atoms with Gasteiger partial charge in [-0.3, -0.25) is 14.9 Å². The summed E-state index contributed by atoms with van der Waals surface area (Å²) in [5, 5.41) is 14.5. The maximum absolute atomic E-state index is 13.5. The Kier molecular flexibility index (Phi) is 8.66. The van der Waals surface area contributed by atoms with Gasteiger partial charge in [-0.2, -0.15) is 4.39 Å². The van der Waals surface area contributed by atoms with Crippen molar-refractivity contribution in [2.75, 3.05) is 36.5 Å². The van der Waals surface area contributed by atoms with Gasteiger partial charge in [-0.25, -0.2) is 9.97 Å². The number of likely N-dealkylation sites (tertiary alicyclic amines) is 1. The molecular weight excluding hydrogens is 571 g/mol. The van der Waals surface area contributed by atoms with Crippen molar-refractivity contribution in [1.82, 2.24) is 19.4 Å². The molecule has 0 aliphatic carbocycles. The van der Waals surface area contributed by atoms with Crippen LogP contribution >= 0.6 is 11.3 Å². The fraction of sp³-hybridized carbons (Fsp3) is 0.355. The topological polar surface area (TPSA) is 113 Å². The molecule has 2 amide bonds. The minimum absolute atomic E-state index is 0.0401. The maximum atomic E-state index is 13.5. The normalized spacial score (nSPS) is 17.3. The van der Waals surface area contributed by atoms with E-state index in [4.69, 9.17) is 14.8 Å². The molecule has 5 heterocycles. The number of hydrogen-bond donors (Lipinski definition) is 2. The fourth-order valence-corrected chi connectivity index (χ4v) is 6.52. The zero-order valence-electron chi connectivity index (χ0n) is 23.6. The molecule has 0 radical (unpaired) electrons. The lowest BCUT2D eigenvalue weighted by molar-refractivity contribution is -0.135. The van der Waals surface area contributed by atoms with Gasteiger partial charge >= 0.3 is 0 Å². The van der Waals surface area contributed by atoms with E-state index in [0.717, 1.165) is 49.4 Å². The van der Waals surface area contributed by atoms with Gasteiger partial charge in [-0.1, -0.05) is 0 Å². The molecule has 2 aliphatic heterocycles. The molecule has 43 heavy (non-hydrogen) atoms. The second-order valence-corrected chi connectivity index (χ2v) is 11.6. The minimum Gasteiger partial charge on any atom is -0.490 e. The van der Waals surface area contributed by atoms with Gasteiger partial charge < -0.3 is 24.2 Å². The van der Waals surface area contributed by atoms with Gasteiger partial charge in [-0.05, 0) is 66.9 Å². The van der Waals surface area contributed by atoms with Gasteiger partial charge in [0.05, 0.1) is 11.7 Å². The van der Waals surface area contributed by atoms with Crippen LogP contribution in [0.1, 0.15) is 53.5 Å². The molecule has 1 aromatic carbocycles. The van der Waals surface area contributed by atoms with Crippen LogP contribution in [0.3, 0.4) is 0 Å². The van der Waals surface area contributed by atoms with Crippen LogP contribution in [0.2, 0.25) is 0 Å². The summed E-state index contributed by atoms with van der Waals surface area (Å²) in [5.41, 5.74) is 3.18. The van der Waals surface area contributed by atoms with Crippen LogP contribution in [-0.4, -0.2) is 68.7 Å². The van der Waals surface area contributed by atoms with E-state index >= 15 is 0 Å². The molecule has 1 unspecified atom stereocenters. The highest BCUT2D eigenvalue weighted by atomic mass is 32.1. The first-order valence-electron chi connectivity index (χ1n) is 14.4. The molecule has 3 aromatic heterocycles. The summed E-state index contributed by atoms with van der Waals surface area (Å²) in [6.45, 7) is 1.99. The Bertz CT molecular complexity index is 1570. The molecule has 4 aromatic rings. The van der Waals surface area contributed by atoms with E-state index in [-0.39, 0.29) is 24.0 Å². The van der Waals surface area contributed by atoms with Crippen LogP contribution in [0.5, 0.6) is 5.75 Å². The molecule has 0 spiro atoms. The van der Waals surface area contributed by atoms with E-state index in [9.17, 15) is 14.0 Å². The molecule has 0 bridgehead atoms. The first kappa shape index (κ1) is 28.8. The Labute approximate surface area is 252 Å². The number of carbonyl (C=O) groups is 2. The average molecular weight is 605 g/mol. The van der Waals surface area contributed by atoms with Crippen molar-refractivity contribution in [3.05, 3.63) is 89.2 Å². The van der Waals surface area contributed by atoms with Crippen LogP contribution in [0.25, 0.3) is 0 Å². The van der Waals surface area contributed by atoms with Gasteiger partial charge in [-0.15, -0.1) is 11.3 Å². The third-order valence-corrected chi connectivity index (χ3v) is 8.72. The summed E-state index contributed by atoms with van der Waals surface area (Å²) >= 11 is 1.40. The van der Waals surface area contributed by atoms with Crippen LogP contribution in [-0.2, 0) is 11.3 Å². The Hall–Kier alpha value is -4.29. The number of piperidine rings is 1. The quantitative estimate of drug-likeness (QED) is 0.271. The summed E-state index contributed by atoms with van der Waals surface area (Å²) < 4.78 is 21.5. The van der Waals surface area contributed by atoms with Crippen molar-refractivity contribution in [3.8, 4) is 5.75 Å². The standard InChI is InChI=1S/C31H33FN6O4S/c32-28-17-21(9-12-33-28)18-37-13-1-4-27(37)30(41)35-31-34-25(20-43-31)26-3-2-14-38(26)22-5-7-23(8-6-22)42-24-10-15-36(16-11-24)29(40)19-39/h1,4-9,12-13,17,20,24,26,39H,2-3,10-11,14-16,18-19H2,(H,34,35,41). The SMILES string of the molecule is O=C(Nc1nc(C2CCCN2c2ccc(OC3CCN(C(=O)CO)CC3)cc2)cs1)c1cccn1Cc1ccnc(F)c1. The number of thiazole rings is 1. The Morgan fingerprint density at radius 2 is 1.91 bits per heavy atom. The number of amides is 2. The average Bonchev–Trinajstić information content (AvgIpc) is 3.79. The Morgan fingerprint density at radius 1 is 1.09 bits per heavy atom. The van der Waals surface area contributed by atoms with Crippen molar-refractivity contribution < 1.29 is 23.8 Å². The molecule has 2 saturated heterocycles. The van der Waals surface area contributed by atoms with Crippen molar-refractivity contribution in [2.24, 2.45) is 0 Å². The van der Waals surface area contributed by atoms with E-state index in [1.807, 2.05) is 17.5 Å². The highest BCUT2D eigenvalue weighted by Gasteiger charge is 2.29. The number of benzene rings is 1. The third-order valence-electron chi connectivity index (χ3n) is 7.94. The van der Waals surface area contributed by atoms with Gasteiger partial charge in [0, 0.05) is 62.5 Å². The Morgan fingerprint density at radius 3 is 2.67 bits per heavy atom. The largest absolute Gasteiger partial charge is 0.490 e. The first-order chi connectivity index (χ1) is 21.0. The van der Waals surface area contributed by atoms with Crippen molar-refractivity contribution in [1.29, 1.82) is 0 Å². The van der Waals surface area contributed by atoms with Crippen LogP contribution in [0.15, 0.2) is 66.3 Å². The molecule has 2 N–H and O–H groups in total. The lowest BCUT2D eigenvalue weighted by Gasteiger charge is -2.32. The number of nitrogens with zero attached hydrogens (tertiary/aromatic N) is 5. The number of pyridine rings is 1. The molecule has 12 heteroatoms. The van der Waals surface area contributed by atoms with E-state index in [1.165, 1.54) is 23.6 Å². The minimum atomic E-state index is -0.553. The van der Waals surface area contributed by atoms with Gasteiger partial charge in [0.1, 0.15) is 24.2 Å². The number of carbonyl (C=O) groups excluding carboxylic acids is 2. The predicted octanol–water partition coefficient (Wildman–Crippen LogP) is 4.48. The number of anilines is 2. The molecule has 6 rings (SSSR count). The summed E-state index contributed by atoms with van der Waals surface area (Å²) in [5.74, 6) is -0.264. The smallest absolute Gasteiger partial charge is 0.274 e. The number of aromatic nitrogens is 3. The molecular formula is C31H33FN6O4S. The molecule has 2 fully saturated rings. The molecule has 1 atom stereocenters. The monoisotopic (exact) mass is 604 g/mol. The summed E-state index contributed by atoms with van der Waals surface area (Å²) in [6, 6.07) is 14.8. The highest BCUT2D eigenvalue weighted by Crippen LogP contribution is 2.38. The second-order valence-electron chi connectivity index (χ2n) is 10.7. The lowest BCUT2D eigenvalue weighted by atomic mass is 10.1. The molecule has 224 valence electrons. The molecule has 0 saturated carbocycles. The third kappa shape index (κ3) is 6.70. The maximum Gasteiger partial charge on any atom is 0.274 e. The summed E-state index contributed by atoms with van der Waals surface area (Å²) in [4.78, 5) is 37.2. The van der Waals surface area contributed by atoms with E-state index < -0.39 is 12.6 Å². The summed E-state index contributed by atoms with van der Waals surface area (Å²) in [6.07, 6.45) is 6.72. The number of hydrogen-bond acceptors (Lipinski definition) is 8. The molecule has 2 aliphatic rings. The first-order valence-corrected chi connectivity index (χ1v) is 15.3. The van der Waals surface area contributed by atoms with Gasteiger partial charge in [0.15, 0.2) is 5.13 Å². The van der Waals surface area contributed by atoms with Gasteiger partial charge in [0.25, 0.3) is 5.91 Å². The van der Waals surface area contributed by atoms with Crippen LogP contribution in [0.4, 0.5) is 15.2 Å². The van der Waals surface area contributed by atoms with Gasteiger partial charge in [0.2, 0.25) is 11.9 Å². The number of aliphatic hydroxyl groups is 1. The molecule has 10 nitrogen and oxygen atoms in total. The van der Waals surface area contributed by atoms with Crippen LogP contribution in [0, 0.1) is 5.95 Å². The number of halogens is 1. The summed E-state index contributed by atoms with van der Waals surface area (Å²) in [7, 11) is 0. The number of nitrogens with one attached hydrogen (secondary N) is 1.